The third-order valence-electron chi connectivity index (χ3n) is 15.1. The van der Waals surface area contributed by atoms with Gasteiger partial charge in [0, 0.05) is 21.5 Å². The molecule has 0 unspecified atom stereocenters. The second-order valence-electron chi connectivity index (χ2n) is 20.4. The molecule has 0 saturated heterocycles. The van der Waals surface area contributed by atoms with Gasteiger partial charge in [0.2, 0.25) is 0 Å². The van der Waals surface area contributed by atoms with Crippen molar-refractivity contribution in [2.24, 2.45) is 0 Å². The lowest BCUT2D eigenvalue weighted by Gasteiger charge is -2.20. The topological polar surface area (TPSA) is 9.86 Å². The standard InChI is InChI=1S/C67H38F18N2/c1-3-46(62(68,69)70)17-4-36(2)40-11-24-50-51-25-12-41(37-5-18-47(19-6-37)63(71,72)73)31-57(51)86(56(50)30-40)60-34-44(15-28-54(60)66(80,81)82)45-16-29-55(67(83,84)85)61(35-45)87-58-32-42(38-7-20-48(21-8-38)64(74,75)76)13-26-52(58)53-27-14-43(33-59(53)87)39-9-22-49(23-10-39)65(77,78)79/h3-35H,2H2,1H3/b17-4-,46-3+. The molecule has 0 fully saturated rings. The van der Waals surface area contributed by atoms with Crippen molar-refractivity contribution in [3.63, 3.8) is 0 Å². The van der Waals surface area contributed by atoms with E-state index in [9.17, 15) is 52.7 Å². The molecule has 20 heteroatoms. The summed E-state index contributed by atoms with van der Waals surface area (Å²) in [4.78, 5) is 0. The van der Waals surface area contributed by atoms with E-state index in [0.717, 1.165) is 97.9 Å². The zero-order valence-corrected chi connectivity index (χ0v) is 44.5. The lowest BCUT2D eigenvalue weighted by molar-refractivity contribution is -0.138. The molecule has 9 aromatic carbocycles. The molecule has 2 heterocycles. The van der Waals surface area contributed by atoms with E-state index in [0.29, 0.717) is 33.7 Å². The van der Waals surface area contributed by atoms with Crippen LogP contribution in [0.3, 0.4) is 0 Å². The van der Waals surface area contributed by atoms with Crippen LogP contribution in [0.4, 0.5) is 79.0 Å². The molecule has 0 aliphatic carbocycles. The van der Waals surface area contributed by atoms with Crippen LogP contribution < -0.4 is 0 Å². The molecular weight excluding hydrogens is 1170 g/mol. The molecule has 0 spiro atoms. The minimum atomic E-state index is -5.17. The summed E-state index contributed by atoms with van der Waals surface area (Å²) in [7, 11) is 0. The Bertz CT molecular complexity index is 4460. The minimum Gasteiger partial charge on any atom is -0.309 e. The normalized spacial score (nSPS) is 13.3. The molecule has 87 heavy (non-hydrogen) atoms. The van der Waals surface area contributed by atoms with Crippen molar-refractivity contribution in [1.82, 2.24) is 9.13 Å². The van der Waals surface area contributed by atoms with Crippen molar-refractivity contribution in [2.75, 3.05) is 0 Å². The fourth-order valence-corrected chi connectivity index (χ4v) is 10.8. The molecule has 0 N–H and O–H groups in total. The number of aromatic nitrogens is 2. The van der Waals surface area contributed by atoms with Gasteiger partial charge in [-0.3, -0.25) is 0 Å². The van der Waals surface area contributed by atoms with Gasteiger partial charge in [0.15, 0.2) is 0 Å². The molecule has 11 rings (SSSR count). The molecule has 0 amide bonds. The fourth-order valence-electron chi connectivity index (χ4n) is 10.8. The third kappa shape index (κ3) is 11.4. The van der Waals surface area contributed by atoms with Crippen LogP contribution in [-0.4, -0.2) is 15.3 Å². The largest absolute Gasteiger partial charge is 0.418 e. The lowest BCUT2D eigenvalue weighted by Crippen LogP contribution is -2.12. The Labute approximate surface area is 481 Å². The highest BCUT2D eigenvalue weighted by molar-refractivity contribution is 6.12. The number of benzene rings is 9. The van der Waals surface area contributed by atoms with Crippen LogP contribution in [0, 0.1) is 0 Å². The van der Waals surface area contributed by atoms with E-state index in [-0.39, 0.29) is 77.7 Å². The molecule has 0 aliphatic heterocycles. The van der Waals surface area contributed by atoms with Crippen molar-refractivity contribution in [3.8, 4) is 55.9 Å². The van der Waals surface area contributed by atoms with E-state index in [1.54, 1.807) is 0 Å². The van der Waals surface area contributed by atoms with Gasteiger partial charge in [-0.05, 0) is 154 Å². The monoisotopic (exact) mass is 1210 g/mol. The number of fused-ring (bicyclic) bond motifs is 6. The Kier molecular flexibility index (Phi) is 14.4. The van der Waals surface area contributed by atoms with Crippen LogP contribution in [0.25, 0.3) is 105 Å². The van der Waals surface area contributed by atoms with Crippen molar-refractivity contribution in [3.05, 3.63) is 246 Å². The summed E-state index contributed by atoms with van der Waals surface area (Å²) in [5, 5.41) is 1.23. The lowest BCUT2D eigenvalue weighted by atomic mass is 9.98. The van der Waals surface area contributed by atoms with E-state index in [1.165, 1.54) is 106 Å². The molecule has 2 nitrogen and oxygen atoms in total. The van der Waals surface area contributed by atoms with Crippen LogP contribution in [-0.2, 0) is 30.9 Å². The summed E-state index contributed by atoms with van der Waals surface area (Å²) >= 11 is 0. The molecule has 0 radical (unpaired) electrons. The van der Waals surface area contributed by atoms with Gasteiger partial charge in [0.25, 0.3) is 0 Å². The highest BCUT2D eigenvalue weighted by Crippen LogP contribution is 2.47. The summed E-state index contributed by atoms with van der Waals surface area (Å²) in [6.45, 7) is 5.08. The smallest absolute Gasteiger partial charge is 0.309 e. The van der Waals surface area contributed by atoms with Gasteiger partial charge < -0.3 is 9.13 Å². The minimum absolute atomic E-state index is 0.00662. The van der Waals surface area contributed by atoms with Crippen molar-refractivity contribution in [2.45, 2.75) is 44.0 Å². The number of halogens is 18. The maximum atomic E-state index is 15.7. The van der Waals surface area contributed by atoms with Crippen LogP contribution in [0.15, 0.2) is 212 Å². The van der Waals surface area contributed by atoms with E-state index >= 15 is 26.3 Å². The van der Waals surface area contributed by atoms with Crippen molar-refractivity contribution in [1.29, 1.82) is 0 Å². The van der Waals surface area contributed by atoms with E-state index in [1.807, 2.05) is 0 Å². The van der Waals surface area contributed by atoms with E-state index in [4.69, 9.17) is 0 Å². The van der Waals surface area contributed by atoms with Gasteiger partial charge in [-0.15, -0.1) is 0 Å². The average molecular weight is 1210 g/mol. The highest BCUT2D eigenvalue weighted by Gasteiger charge is 2.38. The number of allylic oxidation sites excluding steroid dienone is 5. The van der Waals surface area contributed by atoms with E-state index in [2.05, 4.69) is 6.58 Å². The Hall–Kier alpha value is -9.46. The van der Waals surface area contributed by atoms with Crippen molar-refractivity contribution >= 4 is 49.2 Å². The summed E-state index contributed by atoms with van der Waals surface area (Å²) in [6, 6.07) is 35.4. The summed E-state index contributed by atoms with van der Waals surface area (Å²) in [6.07, 6.45) is -26.6. The summed E-state index contributed by atoms with van der Waals surface area (Å²) in [5.74, 6) is 0. The van der Waals surface area contributed by atoms with Crippen LogP contribution in [0.1, 0.15) is 40.3 Å². The predicted molar refractivity (Wildman–Crippen MR) is 300 cm³/mol. The zero-order valence-electron chi connectivity index (χ0n) is 44.5. The Balaban J connectivity index is 1.16. The van der Waals surface area contributed by atoms with Gasteiger partial charge >= 0.3 is 37.1 Å². The first-order chi connectivity index (χ1) is 40.8. The maximum Gasteiger partial charge on any atom is 0.418 e. The number of alkyl halides is 18. The van der Waals surface area contributed by atoms with E-state index < -0.39 is 81.8 Å². The SMILES string of the molecule is C=C(/C=C\C(=C/C)C(F)(F)F)c1ccc2c3ccc(-c4ccc(C(F)(F)F)cc4)cc3n(-c3cc(-c4ccc(C(F)(F)F)c(-n5c6cc(-c7ccc(C(F)(F)F)cc7)ccc6c6ccc(-c7ccc(C(F)(F)F)cc7)cc65)c4)ccc3C(F)(F)F)c2c1. The Morgan fingerprint density at radius 1 is 0.322 bits per heavy atom. The fraction of sp³-hybridized carbons (Fsp3) is 0.104. The molecule has 2 aromatic heterocycles. The molecule has 0 aliphatic rings. The average Bonchev–Trinajstić information content (AvgIpc) is 1.63. The maximum absolute atomic E-state index is 15.7. The molecular formula is C67H38F18N2. The first-order valence-corrected chi connectivity index (χ1v) is 26.0. The quantitative estimate of drug-likeness (QED) is 0.101. The summed E-state index contributed by atoms with van der Waals surface area (Å²) in [5.41, 5.74) is -6.21. The first kappa shape index (κ1) is 59.3. The van der Waals surface area contributed by atoms with Gasteiger partial charge in [0.1, 0.15) is 0 Å². The van der Waals surface area contributed by atoms with Crippen molar-refractivity contribution < 1.29 is 79.0 Å². The predicted octanol–water partition coefficient (Wildman–Crippen LogP) is 22.7. The molecule has 0 atom stereocenters. The molecule has 442 valence electrons. The van der Waals surface area contributed by atoms with Gasteiger partial charge in [0.05, 0.1) is 66.8 Å². The highest BCUT2D eigenvalue weighted by atomic mass is 19.4. The van der Waals surface area contributed by atoms with Gasteiger partial charge in [-0.25, -0.2) is 0 Å². The second kappa shape index (κ2) is 21.2. The first-order valence-electron chi connectivity index (χ1n) is 26.0. The Morgan fingerprint density at radius 3 is 0.908 bits per heavy atom. The summed E-state index contributed by atoms with van der Waals surface area (Å²) < 4.78 is 261. The molecule has 0 saturated carbocycles. The third-order valence-corrected chi connectivity index (χ3v) is 15.1. The number of rotatable bonds is 9. The molecule has 0 bridgehead atoms. The van der Waals surface area contributed by atoms with Crippen LogP contribution in [0.5, 0.6) is 0 Å². The van der Waals surface area contributed by atoms with Gasteiger partial charge in [-0.1, -0.05) is 116 Å². The zero-order chi connectivity index (χ0) is 62.5. The van der Waals surface area contributed by atoms with Crippen LogP contribution in [0.2, 0.25) is 0 Å². The Morgan fingerprint density at radius 2 is 0.609 bits per heavy atom. The number of hydrogen-bond acceptors (Lipinski definition) is 0. The number of nitrogens with zero attached hydrogens (tertiary/aromatic N) is 2. The molecule has 11 aromatic rings. The number of hydrogen-bond donors (Lipinski definition) is 0. The van der Waals surface area contributed by atoms with Crippen LogP contribution >= 0.6 is 0 Å². The second-order valence-corrected chi connectivity index (χ2v) is 20.4. The van der Waals surface area contributed by atoms with Gasteiger partial charge in [-0.2, -0.15) is 79.0 Å².